The van der Waals surface area contributed by atoms with Crippen LogP contribution < -0.4 is 10.5 Å². The summed E-state index contributed by atoms with van der Waals surface area (Å²) in [7, 11) is 1.60. The topological polar surface area (TPSA) is 52.3 Å². The summed E-state index contributed by atoms with van der Waals surface area (Å²) in [6, 6.07) is 5.31. The van der Waals surface area contributed by atoms with Crippen LogP contribution in [0.3, 0.4) is 0 Å². The first-order valence-electron chi connectivity index (χ1n) is 4.65. The molecule has 0 unspecified atom stereocenters. The summed E-state index contributed by atoms with van der Waals surface area (Å²) in [6.07, 6.45) is 1.99. The Morgan fingerprint density at radius 1 is 1.50 bits per heavy atom. The first kappa shape index (κ1) is 10.6. The molecule has 0 fully saturated rings. The Kier molecular flexibility index (Phi) is 3.51. The van der Waals surface area contributed by atoms with Crippen LogP contribution in [0.2, 0.25) is 0 Å². The number of ether oxygens (including phenoxy) is 1. The molecule has 76 valence electrons. The molecule has 14 heavy (non-hydrogen) atoms. The van der Waals surface area contributed by atoms with Gasteiger partial charge in [-0.05, 0) is 24.1 Å². The highest BCUT2D eigenvalue weighted by molar-refractivity contribution is 5.93. The maximum atomic E-state index is 10.9. The molecule has 1 aromatic carbocycles. The van der Waals surface area contributed by atoms with Crippen LogP contribution in [0.15, 0.2) is 18.2 Å². The van der Waals surface area contributed by atoms with E-state index in [-0.39, 0.29) is 0 Å². The first-order chi connectivity index (χ1) is 6.69. The van der Waals surface area contributed by atoms with E-state index in [4.69, 9.17) is 10.5 Å². The van der Waals surface area contributed by atoms with Gasteiger partial charge in [0.05, 0.1) is 7.11 Å². The van der Waals surface area contributed by atoms with Crippen LogP contribution in [0.1, 0.15) is 29.3 Å². The van der Waals surface area contributed by atoms with Crippen molar-refractivity contribution in [3.05, 3.63) is 29.3 Å². The van der Waals surface area contributed by atoms with Crippen molar-refractivity contribution >= 4 is 5.91 Å². The van der Waals surface area contributed by atoms with E-state index in [1.54, 1.807) is 19.2 Å². The molecule has 1 rings (SSSR count). The molecular weight excluding hydrogens is 178 g/mol. The molecule has 0 aromatic heterocycles. The molecule has 0 aliphatic heterocycles. The van der Waals surface area contributed by atoms with E-state index in [2.05, 4.69) is 6.92 Å². The number of primary amides is 1. The number of aryl methyl sites for hydroxylation is 1. The molecule has 0 saturated carbocycles. The van der Waals surface area contributed by atoms with E-state index in [1.165, 1.54) is 0 Å². The summed E-state index contributed by atoms with van der Waals surface area (Å²) in [5.41, 5.74) is 6.77. The van der Waals surface area contributed by atoms with Crippen molar-refractivity contribution in [3.8, 4) is 5.75 Å². The lowest BCUT2D eigenvalue weighted by Gasteiger charge is -2.08. The summed E-state index contributed by atoms with van der Waals surface area (Å²) in [5, 5.41) is 0. The zero-order valence-corrected chi connectivity index (χ0v) is 8.54. The van der Waals surface area contributed by atoms with E-state index in [0.29, 0.717) is 5.56 Å². The quantitative estimate of drug-likeness (QED) is 0.792. The zero-order valence-electron chi connectivity index (χ0n) is 8.54. The molecule has 3 heteroatoms. The third kappa shape index (κ3) is 2.25. The fourth-order valence-electron chi connectivity index (χ4n) is 1.37. The van der Waals surface area contributed by atoms with Crippen molar-refractivity contribution in [2.45, 2.75) is 19.8 Å². The lowest BCUT2D eigenvalue weighted by molar-refractivity contribution is 0.1000. The van der Waals surface area contributed by atoms with E-state index < -0.39 is 5.91 Å². The molecule has 0 spiro atoms. The maximum absolute atomic E-state index is 10.9. The van der Waals surface area contributed by atoms with Crippen molar-refractivity contribution in [2.24, 2.45) is 5.73 Å². The minimum atomic E-state index is -0.425. The van der Waals surface area contributed by atoms with E-state index in [1.807, 2.05) is 6.07 Å². The van der Waals surface area contributed by atoms with Crippen LogP contribution in [-0.4, -0.2) is 13.0 Å². The number of hydrogen-bond acceptors (Lipinski definition) is 2. The second-order valence-electron chi connectivity index (χ2n) is 3.14. The minimum Gasteiger partial charge on any atom is -0.496 e. The van der Waals surface area contributed by atoms with E-state index >= 15 is 0 Å². The van der Waals surface area contributed by atoms with Gasteiger partial charge in [-0.2, -0.15) is 0 Å². The molecule has 3 nitrogen and oxygen atoms in total. The van der Waals surface area contributed by atoms with Gasteiger partial charge in [0.1, 0.15) is 5.75 Å². The van der Waals surface area contributed by atoms with E-state index in [0.717, 1.165) is 24.2 Å². The Hall–Kier alpha value is -1.51. The molecule has 0 atom stereocenters. The monoisotopic (exact) mass is 193 g/mol. The predicted molar refractivity (Wildman–Crippen MR) is 55.5 cm³/mol. The largest absolute Gasteiger partial charge is 0.496 e. The summed E-state index contributed by atoms with van der Waals surface area (Å²) in [5.74, 6) is 0.314. The summed E-state index contributed by atoms with van der Waals surface area (Å²) in [4.78, 5) is 10.9. The summed E-state index contributed by atoms with van der Waals surface area (Å²) in [6.45, 7) is 2.10. The SMILES string of the molecule is CCCc1ccc(C(N)=O)cc1OC. The number of carbonyl (C=O) groups is 1. The van der Waals surface area contributed by atoms with Crippen molar-refractivity contribution in [1.82, 2.24) is 0 Å². The molecule has 0 saturated heterocycles. The van der Waals surface area contributed by atoms with Crippen molar-refractivity contribution in [2.75, 3.05) is 7.11 Å². The Labute approximate surface area is 83.9 Å². The van der Waals surface area contributed by atoms with Gasteiger partial charge in [0.15, 0.2) is 0 Å². The highest BCUT2D eigenvalue weighted by Crippen LogP contribution is 2.21. The predicted octanol–water partition coefficient (Wildman–Crippen LogP) is 1.75. The van der Waals surface area contributed by atoms with Crippen LogP contribution >= 0.6 is 0 Å². The number of benzene rings is 1. The van der Waals surface area contributed by atoms with Gasteiger partial charge in [-0.25, -0.2) is 0 Å². The fraction of sp³-hybridized carbons (Fsp3) is 0.364. The van der Waals surface area contributed by atoms with E-state index in [9.17, 15) is 4.79 Å². The Bertz CT molecular complexity index is 334. The average molecular weight is 193 g/mol. The van der Waals surface area contributed by atoms with Crippen molar-refractivity contribution < 1.29 is 9.53 Å². The molecule has 0 aliphatic carbocycles. The summed E-state index contributed by atoms with van der Waals surface area (Å²) < 4.78 is 5.18. The van der Waals surface area contributed by atoms with Gasteiger partial charge in [-0.1, -0.05) is 19.4 Å². The third-order valence-electron chi connectivity index (χ3n) is 2.09. The Morgan fingerprint density at radius 3 is 2.71 bits per heavy atom. The molecule has 1 amide bonds. The zero-order chi connectivity index (χ0) is 10.6. The fourth-order valence-corrected chi connectivity index (χ4v) is 1.37. The van der Waals surface area contributed by atoms with Gasteiger partial charge < -0.3 is 10.5 Å². The second kappa shape index (κ2) is 4.65. The van der Waals surface area contributed by atoms with Crippen molar-refractivity contribution in [1.29, 1.82) is 0 Å². The van der Waals surface area contributed by atoms with Gasteiger partial charge in [-0.15, -0.1) is 0 Å². The number of amides is 1. The molecule has 1 aromatic rings. The molecule has 0 bridgehead atoms. The summed E-state index contributed by atoms with van der Waals surface area (Å²) >= 11 is 0. The lowest BCUT2D eigenvalue weighted by Crippen LogP contribution is -2.11. The van der Waals surface area contributed by atoms with Crippen LogP contribution in [0, 0.1) is 0 Å². The van der Waals surface area contributed by atoms with Gasteiger partial charge in [-0.3, -0.25) is 4.79 Å². The lowest BCUT2D eigenvalue weighted by atomic mass is 10.1. The van der Waals surface area contributed by atoms with Gasteiger partial charge in [0.25, 0.3) is 0 Å². The van der Waals surface area contributed by atoms with Gasteiger partial charge in [0.2, 0.25) is 5.91 Å². The normalized spacial score (nSPS) is 9.86. The number of methoxy groups -OCH3 is 1. The second-order valence-corrected chi connectivity index (χ2v) is 3.14. The number of carbonyl (C=O) groups excluding carboxylic acids is 1. The highest BCUT2D eigenvalue weighted by Gasteiger charge is 2.06. The van der Waals surface area contributed by atoms with Crippen LogP contribution in [0.5, 0.6) is 5.75 Å². The molecular formula is C11H15NO2. The third-order valence-corrected chi connectivity index (χ3v) is 2.09. The first-order valence-corrected chi connectivity index (χ1v) is 4.65. The smallest absolute Gasteiger partial charge is 0.248 e. The molecule has 0 heterocycles. The standard InChI is InChI=1S/C11H15NO2/c1-3-4-8-5-6-9(11(12)13)7-10(8)14-2/h5-7H,3-4H2,1-2H3,(H2,12,13). The highest BCUT2D eigenvalue weighted by atomic mass is 16.5. The minimum absolute atomic E-state index is 0.425. The number of rotatable bonds is 4. The molecule has 0 radical (unpaired) electrons. The molecule has 2 N–H and O–H groups in total. The molecule has 0 aliphatic rings. The van der Waals surface area contributed by atoms with Crippen LogP contribution in [-0.2, 0) is 6.42 Å². The Morgan fingerprint density at radius 2 is 2.21 bits per heavy atom. The van der Waals surface area contributed by atoms with Gasteiger partial charge in [0, 0.05) is 5.56 Å². The van der Waals surface area contributed by atoms with Crippen LogP contribution in [0.4, 0.5) is 0 Å². The Balaban J connectivity index is 3.04. The number of nitrogens with two attached hydrogens (primary N) is 1. The van der Waals surface area contributed by atoms with Crippen molar-refractivity contribution in [3.63, 3.8) is 0 Å². The van der Waals surface area contributed by atoms with Crippen LogP contribution in [0.25, 0.3) is 0 Å². The van der Waals surface area contributed by atoms with Gasteiger partial charge >= 0.3 is 0 Å². The maximum Gasteiger partial charge on any atom is 0.248 e. The average Bonchev–Trinajstić information content (AvgIpc) is 2.18. The number of hydrogen-bond donors (Lipinski definition) is 1.